The zero-order valence-electron chi connectivity index (χ0n) is 11.5. The maximum atomic E-state index is 11.5. The summed E-state index contributed by atoms with van der Waals surface area (Å²) >= 11 is 0. The molecule has 0 bridgehead atoms. The summed E-state index contributed by atoms with van der Waals surface area (Å²) in [6.45, 7) is 4.22. The number of para-hydroxylation sites is 1. The molecule has 1 rings (SSSR count). The van der Waals surface area contributed by atoms with Gasteiger partial charge in [-0.1, -0.05) is 19.1 Å². The molecule has 0 saturated carbocycles. The SMILES string of the molecule is CCCNCCNC(=O)C=Cc1ccccc1[N+](=O)[O-]. The first-order chi connectivity index (χ1) is 9.65. The molecule has 0 radical (unpaired) electrons. The summed E-state index contributed by atoms with van der Waals surface area (Å²) in [6, 6.07) is 6.30. The Morgan fingerprint density at radius 1 is 1.30 bits per heavy atom. The minimum absolute atomic E-state index is 0.0128. The van der Waals surface area contributed by atoms with Gasteiger partial charge < -0.3 is 10.6 Å². The number of hydrogen-bond acceptors (Lipinski definition) is 4. The van der Waals surface area contributed by atoms with E-state index in [1.807, 2.05) is 0 Å². The van der Waals surface area contributed by atoms with Crippen molar-refractivity contribution < 1.29 is 9.72 Å². The molecule has 6 heteroatoms. The van der Waals surface area contributed by atoms with E-state index in [4.69, 9.17) is 0 Å². The van der Waals surface area contributed by atoms with E-state index < -0.39 is 4.92 Å². The van der Waals surface area contributed by atoms with Gasteiger partial charge in [0, 0.05) is 25.2 Å². The molecule has 108 valence electrons. The topological polar surface area (TPSA) is 84.3 Å². The van der Waals surface area contributed by atoms with E-state index in [-0.39, 0.29) is 11.6 Å². The maximum Gasteiger partial charge on any atom is 0.276 e. The van der Waals surface area contributed by atoms with Crippen molar-refractivity contribution in [2.75, 3.05) is 19.6 Å². The molecule has 0 fully saturated rings. The van der Waals surface area contributed by atoms with E-state index >= 15 is 0 Å². The van der Waals surface area contributed by atoms with E-state index in [0.29, 0.717) is 18.7 Å². The van der Waals surface area contributed by atoms with Gasteiger partial charge in [-0.25, -0.2) is 0 Å². The lowest BCUT2D eigenvalue weighted by molar-refractivity contribution is -0.385. The predicted molar refractivity (Wildman–Crippen MR) is 78.3 cm³/mol. The summed E-state index contributed by atoms with van der Waals surface area (Å²) in [4.78, 5) is 21.9. The zero-order chi connectivity index (χ0) is 14.8. The number of benzene rings is 1. The molecule has 6 nitrogen and oxygen atoms in total. The number of nitro groups is 1. The summed E-state index contributed by atoms with van der Waals surface area (Å²) < 4.78 is 0. The molecule has 0 aliphatic rings. The highest BCUT2D eigenvalue weighted by molar-refractivity contribution is 5.92. The molecule has 0 aliphatic carbocycles. The molecule has 0 heterocycles. The molecule has 1 aromatic carbocycles. The number of nitrogens with zero attached hydrogens (tertiary/aromatic N) is 1. The van der Waals surface area contributed by atoms with Crippen molar-refractivity contribution in [3.8, 4) is 0 Å². The first-order valence-electron chi connectivity index (χ1n) is 6.55. The molecule has 0 unspecified atom stereocenters. The van der Waals surface area contributed by atoms with E-state index in [9.17, 15) is 14.9 Å². The summed E-state index contributed by atoms with van der Waals surface area (Å²) in [5, 5.41) is 16.7. The second-order valence-corrected chi connectivity index (χ2v) is 4.19. The quantitative estimate of drug-likeness (QED) is 0.328. The third-order valence-electron chi connectivity index (χ3n) is 2.58. The van der Waals surface area contributed by atoms with E-state index in [1.54, 1.807) is 18.2 Å². The van der Waals surface area contributed by atoms with Crippen LogP contribution in [0.25, 0.3) is 6.08 Å². The molecule has 0 aromatic heterocycles. The fourth-order valence-electron chi connectivity index (χ4n) is 1.59. The minimum Gasteiger partial charge on any atom is -0.351 e. The van der Waals surface area contributed by atoms with Crippen molar-refractivity contribution in [1.82, 2.24) is 10.6 Å². The van der Waals surface area contributed by atoms with Crippen LogP contribution in [0.5, 0.6) is 0 Å². The highest BCUT2D eigenvalue weighted by atomic mass is 16.6. The zero-order valence-corrected chi connectivity index (χ0v) is 11.5. The second kappa shape index (κ2) is 8.82. The van der Waals surface area contributed by atoms with Crippen molar-refractivity contribution in [3.63, 3.8) is 0 Å². The van der Waals surface area contributed by atoms with Gasteiger partial charge in [0.2, 0.25) is 5.91 Å². The number of nitro benzene ring substituents is 1. The Bertz CT molecular complexity index is 486. The lowest BCUT2D eigenvalue weighted by Gasteiger charge is -2.03. The maximum absolute atomic E-state index is 11.5. The van der Waals surface area contributed by atoms with Crippen molar-refractivity contribution >= 4 is 17.7 Å². The average Bonchev–Trinajstić information content (AvgIpc) is 2.45. The van der Waals surface area contributed by atoms with Crippen LogP contribution in [0.2, 0.25) is 0 Å². The standard InChI is InChI=1S/C14H19N3O3/c1-2-9-15-10-11-16-14(18)8-7-12-5-3-4-6-13(12)17(19)20/h3-8,15H,2,9-11H2,1H3,(H,16,18). The van der Waals surface area contributed by atoms with Crippen LogP contribution in [0.3, 0.4) is 0 Å². The normalized spacial score (nSPS) is 10.7. The van der Waals surface area contributed by atoms with Crippen LogP contribution in [-0.4, -0.2) is 30.5 Å². The predicted octanol–water partition coefficient (Wildman–Crippen LogP) is 1.72. The van der Waals surface area contributed by atoms with Crippen LogP contribution in [0.1, 0.15) is 18.9 Å². The lowest BCUT2D eigenvalue weighted by Crippen LogP contribution is -2.30. The lowest BCUT2D eigenvalue weighted by atomic mass is 10.1. The highest BCUT2D eigenvalue weighted by Crippen LogP contribution is 2.18. The molecule has 1 aromatic rings. The molecular weight excluding hydrogens is 258 g/mol. The average molecular weight is 277 g/mol. The number of rotatable bonds is 8. The van der Waals surface area contributed by atoms with Crippen LogP contribution in [0, 0.1) is 10.1 Å². The smallest absolute Gasteiger partial charge is 0.276 e. The van der Waals surface area contributed by atoms with Crippen LogP contribution >= 0.6 is 0 Å². The van der Waals surface area contributed by atoms with E-state index in [2.05, 4.69) is 17.6 Å². The van der Waals surface area contributed by atoms with Crippen molar-refractivity contribution in [2.45, 2.75) is 13.3 Å². The van der Waals surface area contributed by atoms with Gasteiger partial charge in [-0.15, -0.1) is 0 Å². The van der Waals surface area contributed by atoms with E-state index in [1.165, 1.54) is 18.2 Å². The molecule has 0 aliphatic heterocycles. The highest BCUT2D eigenvalue weighted by Gasteiger charge is 2.09. The monoisotopic (exact) mass is 277 g/mol. The molecular formula is C14H19N3O3. The molecule has 2 N–H and O–H groups in total. The largest absolute Gasteiger partial charge is 0.351 e. The Hall–Kier alpha value is -2.21. The summed E-state index contributed by atoms with van der Waals surface area (Å²) in [5.74, 6) is -0.263. The second-order valence-electron chi connectivity index (χ2n) is 4.19. The van der Waals surface area contributed by atoms with Gasteiger partial charge in [0.15, 0.2) is 0 Å². The molecule has 0 spiro atoms. The van der Waals surface area contributed by atoms with Gasteiger partial charge in [-0.05, 0) is 25.1 Å². The van der Waals surface area contributed by atoms with Gasteiger partial charge in [0.05, 0.1) is 10.5 Å². The summed E-state index contributed by atoms with van der Waals surface area (Å²) in [5.41, 5.74) is 0.401. The Balaban J connectivity index is 2.47. The first-order valence-corrected chi connectivity index (χ1v) is 6.55. The Morgan fingerprint density at radius 3 is 2.75 bits per heavy atom. The Morgan fingerprint density at radius 2 is 2.05 bits per heavy atom. The fourth-order valence-corrected chi connectivity index (χ4v) is 1.59. The molecule has 1 amide bonds. The molecule has 0 saturated heterocycles. The van der Waals surface area contributed by atoms with Crippen LogP contribution in [0.4, 0.5) is 5.69 Å². The number of nitrogens with one attached hydrogen (secondary N) is 2. The minimum atomic E-state index is -0.466. The summed E-state index contributed by atoms with van der Waals surface area (Å²) in [7, 11) is 0. The summed E-state index contributed by atoms with van der Waals surface area (Å²) in [6.07, 6.45) is 3.81. The van der Waals surface area contributed by atoms with E-state index in [0.717, 1.165) is 13.0 Å². The molecule has 20 heavy (non-hydrogen) atoms. The number of amides is 1. The number of carbonyl (C=O) groups excluding carboxylic acids is 1. The Kier molecular flexibility index (Phi) is 6.99. The Labute approximate surface area is 118 Å². The van der Waals surface area contributed by atoms with Crippen molar-refractivity contribution in [3.05, 3.63) is 46.0 Å². The van der Waals surface area contributed by atoms with Crippen LogP contribution in [0.15, 0.2) is 30.3 Å². The van der Waals surface area contributed by atoms with Crippen molar-refractivity contribution in [1.29, 1.82) is 0 Å². The van der Waals surface area contributed by atoms with Crippen LogP contribution < -0.4 is 10.6 Å². The first kappa shape index (κ1) is 15.8. The fraction of sp³-hybridized carbons (Fsp3) is 0.357. The number of hydrogen-bond donors (Lipinski definition) is 2. The van der Waals surface area contributed by atoms with Gasteiger partial charge in [0.25, 0.3) is 5.69 Å². The van der Waals surface area contributed by atoms with Gasteiger partial charge in [0.1, 0.15) is 0 Å². The van der Waals surface area contributed by atoms with Gasteiger partial charge in [-0.2, -0.15) is 0 Å². The number of carbonyl (C=O) groups is 1. The third kappa shape index (κ3) is 5.62. The van der Waals surface area contributed by atoms with Crippen molar-refractivity contribution in [2.24, 2.45) is 0 Å². The van der Waals surface area contributed by atoms with Crippen LogP contribution in [-0.2, 0) is 4.79 Å². The third-order valence-corrected chi connectivity index (χ3v) is 2.58. The van der Waals surface area contributed by atoms with Gasteiger partial charge >= 0.3 is 0 Å². The van der Waals surface area contributed by atoms with Gasteiger partial charge in [-0.3, -0.25) is 14.9 Å². The molecule has 0 atom stereocenters.